The first-order valence-corrected chi connectivity index (χ1v) is 68.5. The smallest absolute Gasteiger partial charge is 0.332 e. The van der Waals surface area contributed by atoms with Gasteiger partial charge in [0.1, 0.15) is 30.9 Å². The Morgan fingerprint density at radius 1 is 0.158 bits per heavy atom. The molecule has 0 spiro atoms. The molecule has 0 unspecified atom stereocenters. The first-order valence-electron chi connectivity index (χ1n) is 15.7. The molecule has 0 atom stereocenters. The van der Waals surface area contributed by atoms with Gasteiger partial charge in [-0.2, -0.15) is 0 Å². The van der Waals surface area contributed by atoms with Crippen molar-refractivity contribution in [2.75, 3.05) is 0 Å². The summed E-state index contributed by atoms with van der Waals surface area (Å²) in [6.45, 7) is 0. The third kappa shape index (κ3) is 20.8. The molecule has 456 valence electrons. The van der Waals surface area contributed by atoms with E-state index in [0.717, 1.165) is 0 Å². The van der Waals surface area contributed by atoms with E-state index in [1.54, 1.807) is 0 Å². The number of aliphatic carboxylic acids is 1. The number of halogens is 49. The highest BCUT2D eigenvalue weighted by molar-refractivity contribution is 14.3. The molecule has 0 aliphatic rings. The van der Waals surface area contributed by atoms with Gasteiger partial charge >= 0.3 is 5.97 Å². The zero-order valence-electron chi connectivity index (χ0n) is 31.9. The normalized spacial score (nSPS) is 17.4. The van der Waals surface area contributed by atoms with Crippen LogP contribution in [-0.4, -0.2) is 43.4 Å². The Hall–Kier alpha value is 35.2. The Labute approximate surface area is 1110 Å². The molecule has 0 aromatic heterocycles. The summed E-state index contributed by atoms with van der Waals surface area (Å²) in [5.74, 6) is -0.822. The van der Waals surface area contributed by atoms with Crippen LogP contribution in [0.5, 0.6) is 0 Å². The average Bonchev–Trinajstić information content (AvgIpc) is 3.18. The quantitative estimate of drug-likeness (QED) is 0.0772. The highest BCUT2D eigenvalue weighted by Gasteiger charge is 2.86. The second-order valence-corrected chi connectivity index (χ2v) is 147. The van der Waals surface area contributed by atoms with Gasteiger partial charge in [-0.3, -0.25) is 0 Å². The van der Waals surface area contributed by atoms with E-state index < -0.39 is 17.4 Å². The first-order chi connectivity index (χ1) is 31.7. The van der Waals surface area contributed by atoms with Crippen LogP contribution in [0.1, 0.15) is 0 Å². The summed E-state index contributed by atoms with van der Waals surface area (Å²) in [6, 6.07) is 0. The van der Waals surface area contributed by atoms with E-state index in [1.165, 1.54) is 0 Å². The predicted molar refractivity (Wildman–Crippen MR) is 760 cm³/mol. The molecule has 0 rings (SSSR count). The Morgan fingerprint density at radius 3 is 0.316 bits per heavy atom. The molecule has 0 radical (unpaired) electrons. The molecule has 0 amide bonds. The monoisotopic (exact) mass is 6550 g/mol. The lowest BCUT2D eigenvalue weighted by Gasteiger charge is -2.64. The zero-order valence-corrected chi connectivity index (χ0v) is 138. The van der Waals surface area contributed by atoms with Crippen LogP contribution in [0.25, 0.3) is 0 Å². The Bertz CT molecular complexity index is 2140. The molecule has 1 N–H and O–H groups in total. The summed E-state index contributed by atoms with van der Waals surface area (Å²) in [5, 5.41) is 10.6. The molecular weight excluding hydrogens is 6550 g/mol. The highest BCUT2D eigenvalue weighted by atomic mass is 127. The second kappa shape index (κ2) is 39.6. The van der Waals surface area contributed by atoms with E-state index in [0.29, 0.717) is 0 Å². The summed E-state index contributed by atoms with van der Waals surface area (Å²) in [7, 11) is 0. The maximum absolute atomic E-state index is 12.9. The van der Waals surface area contributed by atoms with Gasteiger partial charge in [0.15, 0.2) is 1.43 Å². The van der Waals surface area contributed by atoms with Crippen LogP contribution < -0.4 is 0 Å². The summed E-state index contributed by atoms with van der Waals surface area (Å²) < 4.78 is -9.10. The van der Waals surface area contributed by atoms with Crippen LogP contribution in [0.4, 0.5) is 0 Å². The molecule has 51 heteroatoms. The van der Waals surface area contributed by atoms with Crippen LogP contribution >= 0.6 is 1110 Å². The van der Waals surface area contributed by atoms with Crippen molar-refractivity contribution >= 4 is 1110 Å². The van der Waals surface area contributed by atoms with Gasteiger partial charge in [-0.1, -0.05) is 1110 Å². The standard InChI is InChI=1S/C25HI49O2/c26-2(27,1(75)76)3(28,29)4(30,31)5(32,33)6(34,35)7(36,37)8(38,39)9(40,41)10(42,43)11(44,45)12(46,47)13(48,49)14(50,51)15(52,53)16(54,55)17(56,57)18(58,59)19(60,61)20(62,63)21(64,65)22(66,67)23(68,69)24(70,71)25(72,73)74/h(H,75,76). The minimum atomic E-state index is -1.08. The Kier molecular flexibility index (Phi) is 58.0. The van der Waals surface area contributed by atoms with Gasteiger partial charge in [-0.25, -0.2) is 4.79 Å². The fraction of sp³-hybridized carbons (Fsp3) is 0.960. The van der Waals surface area contributed by atoms with Crippen molar-refractivity contribution in [1.82, 2.24) is 0 Å². The van der Waals surface area contributed by atoms with E-state index in [9.17, 15) is 9.90 Å². The van der Waals surface area contributed by atoms with Crippen molar-refractivity contribution in [1.29, 1.82) is 0 Å². The van der Waals surface area contributed by atoms with E-state index in [-0.39, 0.29) is 20.9 Å². The summed E-state index contributed by atoms with van der Waals surface area (Å²) in [4.78, 5) is 12.9. The van der Waals surface area contributed by atoms with Gasteiger partial charge < -0.3 is 5.11 Å². The first kappa shape index (κ1) is 111. The third-order valence-corrected chi connectivity index (χ3v) is 182. The summed E-state index contributed by atoms with van der Waals surface area (Å²) in [6.07, 6.45) is 0. The number of carbonyl (C=O) groups is 1. The lowest BCUT2D eigenvalue weighted by molar-refractivity contribution is -0.136. The topological polar surface area (TPSA) is 37.3 Å². The highest BCUT2D eigenvalue weighted by Crippen LogP contribution is 2.87. The second-order valence-electron chi connectivity index (χ2n) is 14.0. The number of carboxylic acid groups (broad SMARTS) is 1. The molecule has 0 bridgehead atoms. The van der Waals surface area contributed by atoms with Crippen LogP contribution in [-0.2, 0) is 4.79 Å². The van der Waals surface area contributed by atoms with Gasteiger partial charge in [0.2, 0.25) is 0 Å². The number of carboxylic acids is 1. The lowest BCUT2D eigenvalue weighted by Crippen LogP contribution is -2.74. The largest absolute Gasteiger partial charge is 0.480 e. The number of rotatable bonds is 24. The van der Waals surface area contributed by atoms with Crippen molar-refractivity contribution in [3.63, 3.8) is 0 Å². The van der Waals surface area contributed by atoms with Crippen molar-refractivity contribution < 1.29 is 9.90 Å². The van der Waals surface area contributed by atoms with Gasteiger partial charge in [0.25, 0.3) is 0 Å². The fourth-order valence-electron chi connectivity index (χ4n) is 4.45. The van der Waals surface area contributed by atoms with Gasteiger partial charge in [-0.15, -0.1) is 0 Å². The minimum Gasteiger partial charge on any atom is -0.480 e. The molecule has 0 saturated carbocycles. The molecule has 0 aromatic carbocycles. The van der Waals surface area contributed by atoms with Crippen LogP contribution in [0.15, 0.2) is 0 Å². The van der Waals surface area contributed by atoms with E-state index in [4.69, 9.17) is 0 Å². The van der Waals surface area contributed by atoms with Crippen LogP contribution in [0.3, 0.4) is 0 Å². The maximum Gasteiger partial charge on any atom is 0.332 e. The van der Waals surface area contributed by atoms with Gasteiger partial charge in [-0.05, 0) is 0 Å². The van der Waals surface area contributed by atoms with Crippen molar-refractivity contribution in [3.05, 3.63) is 0 Å². The number of alkyl halides is 49. The molecule has 0 saturated heterocycles. The molecule has 0 heterocycles. The summed E-state index contributed by atoms with van der Waals surface area (Å²) >= 11 is 135. The lowest BCUT2D eigenvalue weighted by atomic mass is 10.0. The molecule has 0 aliphatic carbocycles. The van der Waals surface area contributed by atoms with E-state index in [2.05, 4.69) is 1110 Å². The molecule has 0 aliphatic heterocycles. The van der Waals surface area contributed by atoms with Crippen molar-refractivity contribution in [2.45, 2.75) is 32.3 Å². The summed E-state index contributed by atoms with van der Waals surface area (Å²) in [5.41, 5.74) is 0. The number of hydrogen-bond donors (Lipinski definition) is 1. The molecule has 0 fully saturated rings. The maximum atomic E-state index is 12.9. The van der Waals surface area contributed by atoms with Crippen LogP contribution in [0.2, 0.25) is 0 Å². The Morgan fingerprint density at radius 2 is 0.237 bits per heavy atom. The predicted octanol–water partition coefficient (Wildman–Crippen LogP) is 38.1. The van der Waals surface area contributed by atoms with Crippen LogP contribution in [0, 0.1) is 0 Å². The number of hydrogen-bond acceptors (Lipinski definition) is 1. The fourth-order valence-corrected chi connectivity index (χ4v) is 87.4. The molecule has 0 aromatic rings. The van der Waals surface area contributed by atoms with Crippen molar-refractivity contribution in [3.8, 4) is 0 Å². The molecule has 76 heavy (non-hydrogen) atoms. The average molecular weight is 6550 g/mol. The SMILES string of the molecule is O=C(O)C(I)(I)C(I)(I)C(I)(I)C(I)(I)C(I)(I)C(I)(I)C(I)(I)C(I)(I)C(I)(I)C(I)(I)C(I)(I)C(I)(I)C(I)(I)C(I)(I)C(I)(I)C(I)(I)C(I)(I)C(I)(I)C(I)(I)C(I)(I)C(I)(I)C(I)(I)C(I)(I)C(I)(I)I. The molecule has 2 nitrogen and oxygen atoms in total. The molecular formula is C25HI49O2. The zero-order chi connectivity index (χ0) is 63.6. The van der Waals surface area contributed by atoms with Gasteiger partial charge in [0, 0.05) is 0 Å². The van der Waals surface area contributed by atoms with Gasteiger partial charge in [0.05, 0.1) is 0 Å². The third-order valence-electron chi connectivity index (χ3n) is 9.30. The Balaban J connectivity index is 8.21. The van der Waals surface area contributed by atoms with Crippen molar-refractivity contribution in [2.24, 2.45) is 0 Å². The van der Waals surface area contributed by atoms with E-state index in [1.807, 2.05) is 0 Å². The van der Waals surface area contributed by atoms with E-state index >= 15 is 0 Å². The minimum absolute atomic E-state index is 0.0377.